The lowest BCUT2D eigenvalue weighted by molar-refractivity contribution is 0.446. The molecule has 0 nitrogen and oxygen atoms in total. The molecule has 1 heteroatoms. The highest BCUT2D eigenvalue weighted by molar-refractivity contribution is 9.10. The number of benzene rings is 1. The Labute approximate surface area is 109 Å². The molecule has 0 heterocycles. The van der Waals surface area contributed by atoms with Crippen molar-refractivity contribution in [3.8, 4) is 0 Å². The smallest absolute Gasteiger partial charge is 0.0175 e. The van der Waals surface area contributed by atoms with Crippen LogP contribution in [0.15, 0.2) is 28.7 Å². The van der Waals surface area contributed by atoms with E-state index in [-0.39, 0.29) is 0 Å². The third kappa shape index (κ3) is 4.29. The Bertz CT molecular complexity index is 298. The Balaban J connectivity index is 2.52. The van der Waals surface area contributed by atoms with E-state index in [0.29, 0.717) is 5.41 Å². The van der Waals surface area contributed by atoms with Gasteiger partial charge in [0.15, 0.2) is 0 Å². The molecule has 0 aliphatic heterocycles. The lowest BCUT2D eigenvalue weighted by atomic mass is 9.80. The first-order chi connectivity index (χ1) is 7.56. The summed E-state index contributed by atoms with van der Waals surface area (Å²) < 4.78 is 1.16. The van der Waals surface area contributed by atoms with Crippen LogP contribution in [0.5, 0.6) is 0 Å². The van der Waals surface area contributed by atoms with E-state index < -0.39 is 0 Å². The molecule has 90 valence electrons. The van der Waals surface area contributed by atoms with Gasteiger partial charge in [-0.05, 0) is 29.5 Å². The molecule has 0 bridgehead atoms. The molecule has 0 aromatic heterocycles. The predicted molar refractivity (Wildman–Crippen MR) is 75.9 cm³/mol. The molecular weight excluding hydrogens is 260 g/mol. The summed E-state index contributed by atoms with van der Waals surface area (Å²) in [6, 6.07) is 8.76. The second kappa shape index (κ2) is 6.44. The van der Waals surface area contributed by atoms with Crippen LogP contribution in [0.25, 0.3) is 0 Å². The van der Waals surface area contributed by atoms with Crippen molar-refractivity contribution in [2.75, 3.05) is 0 Å². The van der Waals surface area contributed by atoms with Crippen LogP contribution in [-0.4, -0.2) is 0 Å². The molecule has 1 aromatic carbocycles. The van der Waals surface area contributed by atoms with Crippen molar-refractivity contribution in [1.29, 1.82) is 0 Å². The quantitative estimate of drug-likeness (QED) is 0.588. The average molecular weight is 283 g/mol. The first-order valence-electron chi connectivity index (χ1n) is 6.32. The van der Waals surface area contributed by atoms with E-state index in [9.17, 15) is 0 Å². The molecular formula is C15H23Br. The fourth-order valence-corrected chi connectivity index (χ4v) is 2.30. The molecule has 0 aliphatic carbocycles. The zero-order valence-electron chi connectivity index (χ0n) is 10.7. The molecule has 0 saturated heterocycles. The summed E-state index contributed by atoms with van der Waals surface area (Å²) in [4.78, 5) is 0. The Morgan fingerprint density at radius 1 is 1.00 bits per heavy atom. The van der Waals surface area contributed by atoms with Gasteiger partial charge in [-0.3, -0.25) is 0 Å². The molecule has 0 amide bonds. The van der Waals surface area contributed by atoms with Crippen molar-refractivity contribution >= 4 is 15.9 Å². The highest BCUT2D eigenvalue weighted by atomic mass is 79.9. The van der Waals surface area contributed by atoms with E-state index >= 15 is 0 Å². The van der Waals surface area contributed by atoms with Gasteiger partial charge in [-0.2, -0.15) is 0 Å². The minimum Gasteiger partial charge on any atom is -0.0654 e. The largest absolute Gasteiger partial charge is 0.0654 e. The van der Waals surface area contributed by atoms with Gasteiger partial charge in [-0.1, -0.05) is 74.5 Å². The van der Waals surface area contributed by atoms with Crippen molar-refractivity contribution in [3.05, 3.63) is 34.3 Å². The lowest BCUT2D eigenvalue weighted by Crippen LogP contribution is -2.16. The van der Waals surface area contributed by atoms with E-state index in [0.717, 1.165) is 4.47 Å². The normalized spacial score (nSPS) is 11.8. The van der Waals surface area contributed by atoms with Crippen LogP contribution in [0.4, 0.5) is 0 Å². The molecule has 0 saturated carbocycles. The third-order valence-electron chi connectivity index (χ3n) is 3.28. The number of unbranched alkanes of at least 4 members (excludes halogenated alkanes) is 3. The maximum absolute atomic E-state index is 3.49. The molecule has 0 fully saturated rings. The van der Waals surface area contributed by atoms with Gasteiger partial charge >= 0.3 is 0 Å². The Morgan fingerprint density at radius 3 is 2.19 bits per heavy atom. The predicted octanol–water partition coefficient (Wildman–Crippen LogP) is 5.70. The molecule has 0 atom stereocenters. The zero-order chi connectivity index (χ0) is 12.0. The van der Waals surface area contributed by atoms with E-state index in [1.807, 2.05) is 0 Å². The van der Waals surface area contributed by atoms with E-state index in [2.05, 4.69) is 61.0 Å². The van der Waals surface area contributed by atoms with E-state index in [1.54, 1.807) is 0 Å². The van der Waals surface area contributed by atoms with Gasteiger partial charge in [0.2, 0.25) is 0 Å². The molecule has 0 spiro atoms. The molecule has 0 radical (unpaired) electrons. The maximum Gasteiger partial charge on any atom is 0.0175 e. The maximum atomic E-state index is 3.49. The monoisotopic (exact) mass is 282 g/mol. The number of rotatable bonds is 6. The Kier molecular flexibility index (Phi) is 5.54. The average Bonchev–Trinajstić information content (AvgIpc) is 2.25. The van der Waals surface area contributed by atoms with Crippen LogP contribution in [-0.2, 0) is 5.41 Å². The fourth-order valence-electron chi connectivity index (χ4n) is 2.04. The SMILES string of the molecule is CCCCCCC(C)(C)c1ccc(Br)cc1. The summed E-state index contributed by atoms with van der Waals surface area (Å²) >= 11 is 3.49. The summed E-state index contributed by atoms with van der Waals surface area (Å²) in [5.74, 6) is 0. The molecule has 0 N–H and O–H groups in total. The minimum atomic E-state index is 0.314. The van der Waals surface area contributed by atoms with E-state index in [1.165, 1.54) is 37.7 Å². The first kappa shape index (κ1) is 13.8. The fraction of sp³-hybridized carbons (Fsp3) is 0.600. The number of halogens is 1. The second-order valence-electron chi connectivity index (χ2n) is 5.20. The van der Waals surface area contributed by atoms with Gasteiger partial charge in [0.1, 0.15) is 0 Å². The van der Waals surface area contributed by atoms with Gasteiger partial charge in [0.05, 0.1) is 0 Å². The van der Waals surface area contributed by atoms with E-state index in [4.69, 9.17) is 0 Å². The van der Waals surface area contributed by atoms with Crippen LogP contribution in [0.3, 0.4) is 0 Å². The Morgan fingerprint density at radius 2 is 1.62 bits per heavy atom. The first-order valence-corrected chi connectivity index (χ1v) is 7.11. The van der Waals surface area contributed by atoms with Crippen molar-refractivity contribution < 1.29 is 0 Å². The number of hydrogen-bond acceptors (Lipinski definition) is 0. The zero-order valence-corrected chi connectivity index (χ0v) is 12.3. The van der Waals surface area contributed by atoms with Crippen LogP contribution < -0.4 is 0 Å². The third-order valence-corrected chi connectivity index (χ3v) is 3.81. The van der Waals surface area contributed by atoms with Gasteiger partial charge in [0.25, 0.3) is 0 Å². The van der Waals surface area contributed by atoms with Crippen molar-refractivity contribution in [3.63, 3.8) is 0 Å². The Hall–Kier alpha value is -0.300. The highest BCUT2D eigenvalue weighted by Gasteiger charge is 2.19. The van der Waals surface area contributed by atoms with Crippen LogP contribution in [0.1, 0.15) is 58.4 Å². The summed E-state index contributed by atoms with van der Waals surface area (Å²) in [7, 11) is 0. The van der Waals surface area contributed by atoms with Gasteiger partial charge < -0.3 is 0 Å². The van der Waals surface area contributed by atoms with Crippen molar-refractivity contribution in [2.24, 2.45) is 0 Å². The van der Waals surface area contributed by atoms with Gasteiger partial charge in [-0.15, -0.1) is 0 Å². The minimum absolute atomic E-state index is 0.314. The molecule has 1 aromatic rings. The summed E-state index contributed by atoms with van der Waals surface area (Å²) in [5, 5.41) is 0. The second-order valence-corrected chi connectivity index (χ2v) is 6.12. The molecule has 16 heavy (non-hydrogen) atoms. The highest BCUT2D eigenvalue weighted by Crippen LogP contribution is 2.30. The lowest BCUT2D eigenvalue weighted by Gasteiger charge is -2.25. The molecule has 0 aliphatic rings. The molecule has 1 rings (SSSR count). The molecule has 0 unspecified atom stereocenters. The summed E-state index contributed by atoms with van der Waals surface area (Å²) in [6.45, 7) is 6.96. The topological polar surface area (TPSA) is 0 Å². The number of hydrogen-bond donors (Lipinski definition) is 0. The van der Waals surface area contributed by atoms with Crippen molar-refractivity contribution in [2.45, 2.75) is 58.3 Å². The van der Waals surface area contributed by atoms with Crippen molar-refractivity contribution in [1.82, 2.24) is 0 Å². The van der Waals surface area contributed by atoms with Gasteiger partial charge in [-0.25, -0.2) is 0 Å². The summed E-state index contributed by atoms with van der Waals surface area (Å²) in [6.07, 6.45) is 6.69. The standard InChI is InChI=1S/C15H23Br/c1-4-5-6-7-12-15(2,3)13-8-10-14(16)11-9-13/h8-11H,4-7,12H2,1-3H3. The van der Waals surface area contributed by atoms with Crippen LogP contribution in [0.2, 0.25) is 0 Å². The summed E-state index contributed by atoms with van der Waals surface area (Å²) in [5.41, 5.74) is 1.77. The van der Waals surface area contributed by atoms with Gasteiger partial charge in [0, 0.05) is 4.47 Å². The van der Waals surface area contributed by atoms with Crippen LogP contribution in [0, 0.1) is 0 Å². The van der Waals surface area contributed by atoms with Crippen LogP contribution >= 0.6 is 15.9 Å².